The molecule has 0 heterocycles. The van der Waals surface area contributed by atoms with E-state index in [-0.39, 0.29) is 5.60 Å². The second-order valence-electron chi connectivity index (χ2n) is 4.85. The minimum atomic E-state index is -0.0356. The van der Waals surface area contributed by atoms with Crippen molar-refractivity contribution in [1.29, 1.82) is 0 Å². The summed E-state index contributed by atoms with van der Waals surface area (Å²) in [5.41, 5.74) is -0.0356. The van der Waals surface area contributed by atoms with E-state index in [4.69, 9.17) is 4.74 Å². The lowest BCUT2D eigenvalue weighted by Gasteiger charge is -2.29. The third-order valence-electron chi connectivity index (χ3n) is 2.90. The van der Waals surface area contributed by atoms with Crippen molar-refractivity contribution >= 4 is 0 Å². The lowest BCUT2D eigenvalue weighted by Crippen LogP contribution is -2.46. The van der Waals surface area contributed by atoms with Crippen LogP contribution in [-0.2, 0) is 4.74 Å². The monoisotopic (exact) mass is 216 g/mol. The van der Waals surface area contributed by atoms with Gasteiger partial charge in [-0.05, 0) is 20.3 Å². The maximum atomic E-state index is 5.48. The van der Waals surface area contributed by atoms with Crippen LogP contribution in [0.4, 0.5) is 0 Å². The molecule has 0 aliphatic carbocycles. The number of nitrogens with one attached hydrogen (secondary N) is 2. The lowest BCUT2D eigenvalue weighted by molar-refractivity contribution is 0.00201. The van der Waals surface area contributed by atoms with Gasteiger partial charge in [0.25, 0.3) is 0 Å². The molecule has 0 radical (unpaired) electrons. The second kappa shape index (κ2) is 7.20. The summed E-state index contributed by atoms with van der Waals surface area (Å²) in [6, 6.07) is 1.03. The third kappa shape index (κ3) is 6.88. The van der Waals surface area contributed by atoms with Crippen molar-refractivity contribution in [1.82, 2.24) is 10.6 Å². The average Bonchev–Trinajstić information content (AvgIpc) is 2.23. The normalized spacial score (nSPS) is 17.8. The van der Waals surface area contributed by atoms with Crippen molar-refractivity contribution in [3.05, 3.63) is 0 Å². The van der Waals surface area contributed by atoms with E-state index in [2.05, 4.69) is 45.3 Å². The van der Waals surface area contributed by atoms with Crippen LogP contribution in [0.25, 0.3) is 0 Å². The van der Waals surface area contributed by atoms with E-state index < -0.39 is 0 Å². The third-order valence-corrected chi connectivity index (χ3v) is 2.90. The Labute approximate surface area is 95.0 Å². The van der Waals surface area contributed by atoms with E-state index in [0.717, 1.165) is 19.5 Å². The Morgan fingerprint density at radius 3 is 2.20 bits per heavy atom. The van der Waals surface area contributed by atoms with Gasteiger partial charge in [-0.2, -0.15) is 0 Å². The Hall–Kier alpha value is -0.120. The molecule has 3 nitrogen and oxygen atoms in total. The minimum Gasteiger partial charge on any atom is -0.377 e. The molecule has 2 unspecified atom stereocenters. The van der Waals surface area contributed by atoms with Gasteiger partial charge in [0.15, 0.2) is 0 Å². The van der Waals surface area contributed by atoms with Gasteiger partial charge in [-0.1, -0.05) is 20.8 Å². The molecular formula is C12H28N2O. The van der Waals surface area contributed by atoms with Gasteiger partial charge in [0, 0.05) is 32.3 Å². The summed E-state index contributed by atoms with van der Waals surface area (Å²) in [5.74, 6) is 0. The van der Waals surface area contributed by atoms with E-state index >= 15 is 0 Å². The molecule has 3 heteroatoms. The van der Waals surface area contributed by atoms with Crippen LogP contribution < -0.4 is 10.6 Å². The second-order valence-corrected chi connectivity index (χ2v) is 4.85. The predicted octanol–water partition coefficient (Wildman–Crippen LogP) is 1.78. The molecule has 0 fully saturated rings. The molecule has 0 aromatic carbocycles. The molecular weight excluding hydrogens is 188 g/mol. The van der Waals surface area contributed by atoms with Crippen LogP contribution in [0.1, 0.15) is 41.0 Å². The van der Waals surface area contributed by atoms with Crippen LogP contribution in [0.15, 0.2) is 0 Å². The summed E-state index contributed by atoms with van der Waals surface area (Å²) >= 11 is 0. The van der Waals surface area contributed by atoms with Gasteiger partial charge >= 0.3 is 0 Å². The largest absolute Gasteiger partial charge is 0.377 e. The summed E-state index contributed by atoms with van der Waals surface area (Å²) in [6.07, 6.45) is 1.03. The number of hydrogen-bond donors (Lipinski definition) is 2. The highest BCUT2D eigenvalue weighted by Gasteiger charge is 2.21. The van der Waals surface area contributed by atoms with Crippen LogP contribution in [0, 0.1) is 0 Å². The van der Waals surface area contributed by atoms with Crippen molar-refractivity contribution in [2.45, 2.75) is 58.7 Å². The van der Waals surface area contributed by atoms with Crippen LogP contribution in [0.3, 0.4) is 0 Å². The Bertz CT molecular complexity index is 156. The van der Waals surface area contributed by atoms with Crippen molar-refractivity contribution in [3.8, 4) is 0 Å². The highest BCUT2D eigenvalue weighted by atomic mass is 16.5. The minimum absolute atomic E-state index is 0.0356. The summed E-state index contributed by atoms with van der Waals surface area (Å²) < 4.78 is 5.48. The first-order valence-corrected chi connectivity index (χ1v) is 5.95. The molecule has 0 saturated carbocycles. The zero-order chi connectivity index (χ0) is 11.9. The quantitative estimate of drug-likeness (QED) is 0.649. The standard InChI is InChI=1S/C12H28N2O/c1-7-12(5,15-6)9-14-11(4)8-13-10(2)3/h10-11,13-14H,7-9H2,1-6H3. The Kier molecular flexibility index (Phi) is 7.14. The summed E-state index contributed by atoms with van der Waals surface area (Å²) in [7, 11) is 1.78. The molecule has 0 spiro atoms. The van der Waals surface area contributed by atoms with E-state index in [9.17, 15) is 0 Å². The van der Waals surface area contributed by atoms with Crippen molar-refractivity contribution < 1.29 is 4.74 Å². The van der Waals surface area contributed by atoms with E-state index in [1.54, 1.807) is 7.11 Å². The molecule has 0 aromatic heterocycles. The molecule has 0 amide bonds. The Morgan fingerprint density at radius 2 is 1.80 bits per heavy atom. The number of ether oxygens (including phenoxy) is 1. The average molecular weight is 216 g/mol. The number of rotatable bonds is 8. The zero-order valence-corrected chi connectivity index (χ0v) is 11.2. The first-order chi connectivity index (χ1) is 6.93. The van der Waals surface area contributed by atoms with E-state index in [0.29, 0.717) is 12.1 Å². The molecule has 15 heavy (non-hydrogen) atoms. The highest BCUT2D eigenvalue weighted by Crippen LogP contribution is 2.12. The first kappa shape index (κ1) is 14.9. The van der Waals surface area contributed by atoms with Gasteiger partial charge in [0.1, 0.15) is 0 Å². The fourth-order valence-electron chi connectivity index (χ4n) is 1.22. The topological polar surface area (TPSA) is 33.3 Å². The van der Waals surface area contributed by atoms with E-state index in [1.165, 1.54) is 0 Å². The lowest BCUT2D eigenvalue weighted by atomic mass is 10.0. The summed E-state index contributed by atoms with van der Waals surface area (Å²) in [5, 5.41) is 6.91. The fraction of sp³-hybridized carbons (Fsp3) is 1.00. The van der Waals surface area contributed by atoms with E-state index in [1.807, 2.05) is 0 Å². The summed E-state index contributed by atoms with van der Waals surface area (Å²) in [4.78, 5) is 0. The maximum Gasteiger partial charge on any atom is 0.0772 e. The van der Waals surface area contributed by atoms with Gasteiger partial charge in [-0.3, -0.25) is 0 Å². The zero-order valence-electron chi connectivity index (χ0n) is 11.2. The molecule has 0 saturated heterocycles. The molecule has 92 valence electrons. The molecule has 0 aliphatic heterocycles. The Balaban J connectivity index is 3.73. The van der Waals surface area contributed by atoms with Crippen LogP contribution in [-0.4, -0.2) is 37.9 Å². The van der Waals surface area contributed by atoms with Gasteiger partial charge < -0.3 is 15.4 Å². The Morgan fingerprint density at radius 1 is 1.20 bits per heavy atom. The van der Waals surface area contributed by atoms with Crippen LogP contribution >= 0.6 is 0 Å². The van der Waals surface area contributed by atoms with Gasteiger partial charge in [-0.15, -0.1) is 0 Å². The molecule has 0 rings (SSSR count). The maximum absolute atomic E-state index is 5.48. The first-order valence-electron chi connectivity index (χ1n) is 5.95. The molecule has 0 aliphatic rings. The van der Waals surface area contributed by atoms with Crippen LogP contribution in [0.5, 0.6) is 0 Å². The van der Waals surface area contributed by atoms with Crippen molar-refractivity contribution in [2.24, 2.45) is 0 Å². The highest BCUT2D eigenvalue weighted by molar-refractivity contribution is 4.78. The molecule has 0 aromatic rings. The van der Waals surface area contributed by atoms with Crippen molar-refractivity contribution in [3.63, 3.8) is 0 Å². The summed E-state index contributed by atoms with van der Waals surface area (Å²) in [6.45, 7) is 12.7. The van der Waals surface area contributed by atoms with Gasteiger partial charge in [0.2, 0.25) is 0 Å². The van der Waals surface area contributed by atoms with Crippen molar-refractivity contribution in [2.75, 3.05) is 20.2 Å². The fourth-order valence-corrected chi connectivity index (χ4v) is 1.22. The number of methoxy groups -OCH3 is 1. The smallest absolute Gasteiger partial charge is 0.0772 e. The molecule has 2 N–H and O–H groups in total. The SMILES string of the molecule is CCC(C)(CNC(C)CNC(C)C)OC. The van der Waals surface area contributed by atoms with Crippen LogP contribution in [0.2, 0.25) is 0 Å². The molecule has 0 bridgehead atoms. The van der Waals surface area contributed by atoms with Gasteiger partial charge in [-0.25, -0.2) is 0 Å². The predicted molar refractivity (Wildman–Crippen MR) is 66.3 cm³/mol. The molecule has 2 atom stereocenters. The van der Waals surface area contributed by atoms with Gasteiger partial charge in [0.05, 0.1) is 5.60 Å². The number of hydrogen-bond acceptors (Lipinski definition) is 3.